The number of Topliss-reactive ketones (excluding diaryl/α,β-unsaturated/α-hetero) is 1. The highest BCUT2D eigenvalue weighted by molar-refractivity contribution is 7.12. The van der Waals surface area contributed by atoms with E-state index >= 15 is 0 Å². The summed E-state index contributed by atoms with van der Waals surface area (Å²) in [6.45, 7) is 6.57. The molecule has 3 rings (SSSR count). The minimum absolute atomic E-state index is 0.311. The smallest absolute Gasteiger partial charge is 0.164 e. The summed E-state index contributed by atoms with van der Waals surface area (Å²) in [4.78, 5) is 14.7. The van der Waals surface area contributed by atoms with Crippen molar-refractivity contribution in [3.05, 3.63) is 44.9 Å². The molecule has 0 N–H and O–H groups in total. The lowest BCUT2D eigenvalue weighted by Gasteiger charge is -2.20. The highest BCUT2D eigenvalue weighted by Gasteiger charge is 2.23. The van der Waals surface area contributed by atoms with Gasteiger partial charge in [-0.25, -0.2) is 0 Å². The summed E-state index contributed by atoms with van der Waals surface area (Å²) >= 11 is 1.85. The van der Waals surface area contributed by atoms with Gasteiger partial charge in [-0.15, -0.1) is 11.3 Å². The maximum absolute atomic E-state index is 11.9. The Balaban J connectivity index is 2.03. The first-order valence-corrected chi connectivity index (χ1v) is 7.69. The van der Waals surface area contributed by atoms with Gasteiger partial charge >= 0.3 is 0 Å². The van der Waals surface area contributed by atoms with Gasteiger partial charge in [-0.2, -0.15) is 0 Å². The zero-order valence-electron chi connectivity index (χ0n) is 11.7. The monoisotopic (exact) mass is 273 g/mol. The third-order valence-electron chi connectivity index (χ3n) is 4.09. The normalized spacial score (nSPS) is 16.5. The first kappa shape index (κ1) is 12.7. The lowest BCUT2D eigenvalue weighted by molar-refractivity contribution is 0.0971. The van der Waals surface area contributed by atoms with Crippen molar-refractivity contribution in [1.29, 1.82) is 0 Å². The predicted molar refractivity (Wildman–Crippen MR) is 79.3 cm³/mol. The molecule has 100 valence electrons. The van der Waals surface area contributed by atoms with Gasteiger partial charge in [0.25, 0.3) is 0 Å². The Kier molecular flexibility index (Phi) is 3.09. The second-order valence-electron chi connectivity index (χ2n) is 5.40. The second kappa shape index (κ2) is 4.64. The number of hydrogen-bond acceptors (Lipinski definition) is 2. The Bertz CT molecular complexity index is 635. The van der Waals surface area contributed by atoms with E-state index in [1.54, 1.807) is 0 Å². The van der Waals surface area contributed by atoms with Gasteiger partial charge in [-0.1, -0.05) is 0 Å². The first-order chi connectivity index (χ1) is 9.08. The summed E-state index contributed by atoms with van der Waals surface area (Å²) in [5, 5.41) is 0. The highest BCUT2D eigenvalue weighted by Crippen LogP contribution is 2.32. The molecular formula is C16H19NOS. The van der Waals surface area contributed by atoms with Crippen LogP contribution in [0.5, 0.6) is 0 Å². The molecule has 1 atom stereocenters. The quantitative estimate of drug-likeness (QED) is 0.800. The molecule has 0 fully saturated rings. The van der Waals surface area contributed by atoms with E-state index < -0.39 is 0 Å². The molecule has 3 heteroatoms. The molecule has 2 heterocycles. The Labute approximate surface area is 118 Å². The number of nitrogens with zero attached hydrogens (tertiary/aromatic N) is 1. The zero-order chi connectivity index (χ0) is 13.6. The molecule has 2 nitrogen and oxygen atoms in total. The van der Waals surface area contributed by atoms with Gasteiger partial charge in [-0.05, 0) is 51.3 Å². The van der Waals surface area contributed by atoms with Crippen LogP contribution in [0.15, 0.2) is 18.3 Å². The molecule has 0 radical (unpaired) electrons. The average Bonchev–Trinajstić information content (AvgIpc) is 2.93. The molecule has 0 aliphatic heterocycles. The number of carbonyl (C=O) groups excluding carboxylic acids is 1. The van der Waals surface area contributed by atoms with Crippen LogP contribution in [0.2, 0.25) is 0 Å². The minimum Gasteiger partial charge on any atom is -0.344 e. The number of ketones is 1. The van der Waals surface area contributed by atoms with Crippen LogP contribution in [0.25, 0.3) is 0 Å². The minimum atomic E-state index is 0.311. The summed E-state index contributed by atoms with van der Waals surface area (Å²) in [6, 6.07) is 4.60. The van der Waals surface area contributed by atoms with E-state index in [1.807, 2.05) is 17.4 Å². The number of hydrogen-bond donors (Lipinski definition) is 0. The summed E-state index contributed by atoms with van der Waals surface area (Å²) in [5.74, 6) is 0.311. The Hall–Kier alpha value is -1.35. The van der Waals surface area contributed by atoms with Gasteiger partial charge in [0, 0.05) is 33.6 Å². The summed E-state index contributed by atoms with van der Waals surface area (Å²) in [5.41, 5.74) is 3.56. The Morgan fingerprint density at radius 3 is 2.79 bits per heavy atom. The van der Waals surface area contributed by atoms with Crippen LogP contribution in [0, 0.1) is 13.8 Å². The average molecular weight is 273 g/mol. The van der Waals surface area contributed by atoms with Crippen LogP contribution in [0.3, 0.4) is 0 Å². The van der Waals surface area contributed by atoms with E-state index in [4.69, 9.17) is 0 Å². The van der Waals surface area contributed by atoms with Crippen molar-refractivity contribution in [2.75, 3.05) is 0 Å². The predicted octanol–water partition coefficient (Wildman–Crippen LogP) is 4.29. The molecule has 0 saturated heterocycles. The number of aromatic nitrogens is 1. The second-order valence-corrected chi connectivity index (χ2v) is 6.87. The molecule has 0 amide bonds. The topological polar surface area (TPSA) is 22.0 Å². The lowest BCUT2D eigenvalue weighted by Crippen LogP contribution is -2.16. The zero-order valence-corrected chi connectivity index (χ0v) is 12.5. The van der Waals surface area contributed by atoms with E-state index in [1.165, 1.54) is 21.0 Å². The van der Waals surface area contributed by atoms with Crippen molar-refractivity contribution in [2.45, 2.75) is 46.1 Å². The molecule has 2 aromatic heterocycles. The summed E-state index contributed by atoms with van der Waals surface area (Å²) < 4.78 is 2.29. The van der Waals surface area contributed by atoms with Crippen molar-refractivity contribution >= 4 is 17.1 Å². The fraction of sp³-hybridized carbons (Fsp3) is 0.438. The molecule has 0 saturated carbocycles. The number of thiophene rings is 1. The first-order valence-electron chi connectivity index (χ1n) is 6.87. The molecule has 0 spiro atoms. The van der Waals surface area contributed by atoms with E-state index in [2.05, 4.69) is 37.6 Å². The van der Waals surface area contributed by atoms with Crippen molar-refractivity contribution in [1.82, 2.24) is 4.57 Å². The number of carbonyl (C=O) groups is 1. The van der Waals surface area contributed by atoms with Crippen molar-refractivity contribution in [3.63, 3.8) is 0 Å². The van der Waals surface area contributed by atoms with Gasteiger partial charge in [0.1, 0.15) is 0 Å². The third-order valence-corrected chi connectivity index (χ3v) is 5.07. The molecular weight excluding hydrogens is 254 g/mol. The third kappa shape index (κ3) is 2.06. The number of rotatable bonds is 2. The molecule has 1 unspecified atom stereocenters. The molecule has 0 aromatic carbocycles. The summed E-state index contributed by atoms with van der Waals surface area (Å²) in [7, 11) is 0. The standard InChI is InChI=1S/C16H19NOS/c1-10-9-14(12(3)19-10)11(2)17-8-7-13-15(17)5-4-6-16(13)18/h7-9,11H,4-6H2,1-3H3. The van der Waals surface area contributed by atoms with Gasteiger partial charge in [0.15, 0.2) is 5.78 Å². The molecule has 0 bridgehead atoms. The van der Waals surface area contributed by atoms with Gasteiger partial charge in [0.05, 0.1) is 6.04 Å². The van der Waals surface area contributed by atoms with Crippen LogP contribution < -0.4 is 0 Å². The fourth-order valence-corrected chi connectivity index (χ4v) is 4.14. The van der Waals surface area contributed by atoms with Crippen molar-refractivity contribution in [3.8, 4) is 0 Å². The van der Waals surface area contributed by atoms with E-state index in [9.17, 15) is 4.79 Å². The van der Waals surface area contributed by atoms with Gasteiger partial charge < -0.3 is 4.57 Å². The van der Waals surface area contributed by atoms with Gasteiger partial charge in [0.2, 0.25) is 0 Å². The van der Waals surface area contributed by atoms with Crippen LogP contribution >= 0.6 is 11.3 Å². The number of aryl methyl sites for hydroxylation is 2. The summed E-state index contributed by atoms with van der Waals surface area (Å²) in [6.07, 6.45) is 4.82. The number of fused-ring (bicyclic) bond motifs is 1. The van der Waals surface area contributed by atoms with E-state index in [-0.39, 0.29) is 0 Å². The maximum atomic E-state index is 11.9. The van der Waals surface area contributed by atoms with Crippen molar-refractivity contribution in [2.24, 2.45) is 0 Å². The Morgan fingerprint density at radius 1 is 1.32 bits per heavy atom. The van der Waals surface area contributed by atoms with E-state index in [0.29, 0.717) is 18.2 Å². The highest BCUT2D eigenvalue weighted by atomic mass is 32.1. The van der Waals surface area contributed by atoms with Crippen LogP contribution in [-0.2, 0) is 6.42 Å². The van der Waals surface area contributed by atoms with Crippen LogP contribution in [-0.4, -0.2) is 10.4 Å². The fourth-order valence-electron chi connectivity index (χ4n) is 3.13. The van der Waals surface area contributed by atoms with Gasteiger partial charge in [-0.3, -0.25) is 4.79 Å². The maximum Gasteiger partial charge on any atom is 0.164 e. The van der Waals surface area contributed by atoms with E-state index in [0.717, 1.165) is 18.4 Å². The lowest BCUT2D eigenvalue weighted by atomic mass is 9.96. The van der Waals surface area contributed by atoms with Crippen LogP contribution in [0.1, 0.15) is 57.2 Å². The molecule has 1 aliphatic carbocycles. The Morgan fingerprint density at radius 2 is 2.11 bits per heavy atom. The van der Waals surface area contributed by atoms with Crippen LogP contribution in [0.4, 0.5) is 0 Å². The molecule has 19 heavy (non-hydrogen) atoms. The van der Waals surface area contributed by atoms with Crippen molar-refractivity contribution < 1.29 is 4.79 Å². The SMILES string of the molecule is Cc1cc(C(C)n2ccc3c2CCCC3=O)c(C)s1. The molecule has 1 aliphatic rings. The largest absolute Gasteiger partial charge is 0.344 e. The molecule has 2 aromatic rings.